The van der Waals surface area contributed by atoms with Crippen molar-refractivity contribution in [2.45, 2.75) is 0 Å². The van der Waals surface area contributed by atoms with Gasteiger partial charge in [0.1, 0.15) is 5.52 Å². The minimum atomic E-state index is -0.391. The maximum absolute atomic E-state index is 11.6. The Morgan fingerprint density at radius 1 is 1.27 bits per heavy atom. The zero-order chi connectivity index (χ0) is 10.4. The molecular formula is C8H6N6O. The van der Waals surface area contributed by atoms with Crippen LogP contribution in [-0.4, -0.2) is 24.5 Å². The SMILES string of the molecule is Nn1ccc2c(nnc3ccnn32)c1=O. The fourth-order valence-corrected chi connectivity index (χ4v) is 1.45. The summed E-state index contributed by atoms with van der Waals surface area (Å²) in [6.07, 6.45) is 3.06. The molecule has 0 amide bonds. The van der Waals surface area contributed by atoms with E-state index in [1.807, 2.05) is 0 Å². The first-order valence-electron chi connectivity index (χ1n) is 4.24. The average Bonchev–Trinajstić information content (AvgIpc) is 2.71. The van der Waals surface area contributed by atoms with Crippen LogP contribution in [-0.2, 0) is 0 Å². The van der Waals surface area contributed by atoms with Crippen LogP contribution in [0.3, 0.4) is 0 Å². The van der Waals surface area contributed by atoms with E-state index in [2.05, 4.69) is 15.3 Å². The van der Waals surface area contributed by atoms with Gasteiger partial charge in [-0.05, 0) is 6.07 Å². The summed E-state index contributed by atoms with van der Waals surface area (Å²) in [4.78, 5) is 11.6. The first-order valence-corrected chi connectivity index (χ1v) is 4.24. The van der Waals surface area contributed by atoms with Gasteiger partial charge >= 0.3 is 0 Å². The minimum Gasteiger partial charge on any atom is -0.336 e. The van der Waals surface area contributed by atoms with Crippen LogP contribution in [0.5, 0.6) is 0 Å². The quantitative estimate of drug-likeness (QED) is 0.479. The van der Waals surface area contributed by atoms with E-state index in [1.165, 1.54) is 6.20 Å². The lowest BCUT2D eigenvalue weighted by Crippen LogP contribution is -2.27. The average molecular weight is 202 g/mol. The summed E-state index contributed by atoms with van der Waals surface area (Å²) < 4.78 is 2.51. The molecule has 7 heteroatoms. The predicted molar refractivity (Wildman–Crippen MR) is 52.7 cm³/mol. The number of hydrogen-bond acceptors (Lipinski definition) is 5. The summed E-state index contributed by atoms with van der Waals surface area (Å²) in [5, 5.41) is 11.7. The largest absolute Gasteiger partial charge is 0.336 e. The number of rotatable bonds is 0. The highest BCUT2D eigenvalue weighted by Gasteiger charge is 2.07. The molecule has 0 aliphatic heterocycles. The van der Waals surface area contributed by atoms with Gasteiger partial charge in [-0.2, -0.15) is 5.10 Å². The van der Waals surface area contributed by atoms with E-state index >= 15 is 0 Å². The molecule has 0 spiro atoms. The van der Waals surface area contributed by atoms with Gasteiger partial charge in [0.2, 0.25) is 0 Å². The highest BCUT2D eigenvalue weighted by Crippen LogP contribution is 2.06. The van der Waals surface area contributed by atoms with Crippen LogP contribution in [0.1, 0.15) is 0 Å². The molecule has 2 N–H and O–H groups in total. The number of nitrogens with two attached hydrogens (primary N) is 1. The molecule has 0 aliphatic rings. The Bertz CT molecular complexity index is 712. The molecule has 0 saturated carbocycles. The summed E-state index contributed by atoms with van der Waals surface area (Å²) in [7, 11) is 0. The Morgan fingerprint density at radius 2 is 2.13 bits per heavy atom. The third-order valence-electron chi connectivity index (χ3n) is 2.18. The molecule has 3 heterocycles. The van der Waals surface area contributed by atoms with Crippen LogP contribution in [0, 0.1) is 0 Å². The summed E-state index contributed by atoms with van der Waals surface area (Å²) in [6, 6.07) is 3.38. The Balaban J connectivity index is 2.66. The fourth-order valence-electron chi connectivity index (χ4n) is 1.45. The highest BCUT2D eigenvalue weighted by molar-refractivity contribution is 5.74. The molecular weight excluding hydrogens is 196 g/mol. The second-order valence-corrected chi connectivity index (χ2v) is 3.06. The number of nitrogen functional groups attached to an aromatic ring is 1. The first kappa shape index (κ1) is 7.92. The first-order chi connectivity index (χ1) is 7.27. The molecule has 0 aromatic carbocycles. The lowest BCUT2D eigenvalue weighted by atomic mass is 10.4. The molecule has 0 saturated heterocycles. The lowest BCUT2D eigenvalue weighted by molar-refractivity contribution is 0.899. The van der Waals surface area contributed by atoms with Gasteiger partial charge in [0.05, 0.1) is 6.20 Å². The Morgan fingerprint density at radius 3 is 3.00 bits per heavy atom. The lowest BCUT2D eigenvalue weighted by Gasteiger charge is -2.00. The molecule has 3 rings (SSSR count). The van der Waals surface area contributed by atoms with E-state index in [4.69, 9.17) is 5.84 Å². The Kier molecular flexibility index (Phi) is 1.34. The molecule has 74 valence electrons. The van der Waals surface area contributed by atoms with Crippen LogP contribution >= 0.6 is 0 Å². The van der Waals surface area contributed by atoms with E-state index in [-0.39, 0.29) is 5.52 Å². The van der Waals surface area contributed by atoms with Crippen molar-refractivity contribution < 1.29 is 0 Å². The molecule has 0 fully saturated rings. The predicted octanol–water partition coefficient (Wildman–Crippen LogP) is -0.847. The minimum absolute atomic E-state index is 0.205. The van der Waals surface area contributed by atoms with Crippen LogP contribution in [0.4, 0.5) is 0 Å². The summed E-state index contributed by atoms with van der Waals surface area (Å²) in [6.45, 7) is 0. The molecule has 7 nitrogen and oxygen atoms in total. The van der Waals surface area contributed by atoms with Crippen molar-refractivity contribution in [3.05, 3.63) is 34.9 Å². The van der Waals surface area contributed by atoms with Crippen molar-refractivity contribution in [3.63, 3.8) is 0 Å². The highest BCUT2D eigenvalue weighted by atomic mass is 16.1. The Hall–Kier alpha value is -2.44. The van der Waals surface area contributed by atoms with E-state index in [0.29, 0.717) is 11.2 Å². The molecule has 3 aromatic rings. The topological polar surface area (TPSA) is 91.1 Å². The molecule has 0 bridgehead atoms. The van der Waals surface area contributed by atoms with Crippen molar-refractivity contribution >= 4 is 16.7 Å². The van der Waals surface area contributed by atoms with Gasteiger partial charge in [-0.1, -0.05) is 0 Å². The molecule has 0 unspecified atom stereocenters. The van der Waals surface area contributed by atoms with Crippen molar-refractivity contribution in [2.24, 2.45) is 0 Å². The number of hydrogen-bond donors (Lipinski definition) is 1. The van der Waals surface area contributed by atoms with Crippen LogP contribution in [0.2, 0.25) is 0 Å². The van der Waals surface area contributed by atoms with Gasteiger partial charge in [0.15, 0.2) is 11.2 Å². The van der Waals surface area contributed by atoms with E-state index in [9.17, 15) is 4.79 Å². The third kappa shape index (κ3) is 0.938. The van der Waals surface area contributed by atoms with Gasteiger partial charge in [0, 0.05) is 12.3 Å². The van der Waals surface area contributed by atoms with E-state index in [0.717, 1.165) is 4.68 Å². The van der Waals surface area contributed by atoms with Crippen LogP contribution in [0.25, 0.3) is 16.7 Å². The van der Waals surface area contributed by atoms with Crippen LogP contribution in [0.15, 0.2) is 29.3 Å². The van der Waals surface area contributed by atoms with Gasteiger partial charge < -0.3 is 5.84 Å². The molecule has 0 atom stereocenters. The molecule has 0 aliphatic carbocycles. The van der Waals surface area contributed by atoms with E-state index in [1.54, 1.807) is 22.8 Å². The summed E-state index contributed by atoms with van der Waals surface area (Å²) in [5.74, 6) is 5.41. The number of pyridine rings is 1. The second-order valence-electron chi connectivity index (χ2n) is 3.06. The van der Waals surface area contributed by atoms with Gasteiger partial charge in [-0.25, -0.2) is 9.19 Å². The van der Waals surface area contributed by atoms with E-state index < -0.39 is 5.56 Å². The van der Waals surface area contributed by atoms with Crippen LogP contribution < -0.4 is 11.4 Å². The third-order valence-corrected chi connectivity index (χ3v) is 2.18. The fraction of sp³-hybridized carbons (Fsp3) is 0. The van der Waals surface area contributed by atoms with Crippen molar-refractivity contribution in [2.75, 3.05) is 5.84 Å². The van der Waals surface area contributed by atoms with Crippen molar-refractivity contribution in [3.8, 4) is 0 Å². The molecule has 15 heavy (non-hydrogen) atoms. The van der Waals surface area contributed by atoms with Crippen molar-refractivity contribution in [1.82, 2.24) is 24.5 Å². The van der Waals surface area contributed by atoms with Gasteiger partial charge in [-0.3, -0.25) is 4.79 Å². The summed E-state index contributed by atoms with van der Waals surface area (Å²) >= 11 is 0. The maximum Gasteiger partial charge on any atom is 0.298 e. The number of nitrogens with zero attached hydrogens (tertiary/aromatic N) is 5. The summed E-state index contributed by atoms with van der Waals surface area (Å²) in [5.41, 5.74) is 1.00. The Labute approximate surface area is 82.7 Å². The molecule has 3 aromatic heterocycles. The monoisotopic (exact) mass is 202 g/mol. The van der Waals surface area contributed by atoms with Gasteiger partial charge in [0.25, 0.3) is 5.56 Å². The molecule has 0 radical (unpaired) electrons. The normalized spacial score (nSPS) is 11.2. The van der Waals surface area contributed by atoms with Crippen molar-refractivity contribution in [1.29, 1.82) is 0 Å². The van der Waals surface area contributed by atoms with Gasteiger partial charge in [-0.15, -0.1) is 10.2 Å². The zero-order valence-electron chi connectivity index (χ0n) is 7.53. The standard InChI is InChI=1S/C8H6N6O/c9-13-4-2-5-7(8(13)15)12-11-6-1-3-10-14(5)6/h1-4H,9H2. The number of aromatic nitrogens is 5. The zero-order valence-corrected chi connectivity index (χ0v) is 7.53. The smallest absolute Gasteiger partial charge is 0.298 e. The number of fused-ring (bicyclic) bond motifs is 3. The maximum atomic E-state index is 11.6. The second kappa shape index (κ2) is 2.53.